The molecule has 188 valence electrons. The summed E-state index contributed by atoms with van der Waals surface area (Å²) in [7, 11) is 0. The first-order valence-corrected chi connectivity index (χ1v) is 12.9. The number of aromatic amines is 1. The maximum absolute atomic E-state index is 13.0. The van der Waals surface area contributed by atoms with Gasteiger partial charge in [0, 0.05) is 16.7 Å². The maximum atomic E-state index is 13.0. The van der Waals surface area contributed by atoms with Gasteiger partial charge in [0.1, 0.15) is 5.01 Å². The molecule has 0 fully saturated rings. The van der Waals surface area contributed by atoms with Crippen molar-refractivity contribution in [2.45, 2.75) is 45.6 Å². The van der Waals surface area contributed by atoms with Gasteiger partial charge >= 0.3 is 5.97 Å². The van der Waals surface area contributed by atoms with Crippen molar-refractivity contribution < 1.29 is 14.7 Å². The lowest BCUT2D eigenvalue weighted by molar-refractivity contribution is -0.133. The van der Waals surface area contributed by atoms with E-state index in [1.165, 1.54) is 11.3 Å². The Morgan fingerprint density at radius 2 is 1.78 bits per heavy atom. The summed E-state index contributed by atoms with van der Waals surface area (Å²) in [5.74, 6) is -0.990. The van der Waals surface area contributed by atoms with E-state index in [9.17, 15) is 14.7 Å². The predicted octanol–water partition coefficient (Wildman–Crippen LogP) is 3.78. The summed E-state index contributed by atoms with van der Waals surface area (Å²) < 4.78 is 1.72. The molecule has 2 aromatic heterocycles. The summed E-state index contributed by atoms with van der Waals surface area (Å²) in [6, 6.07) is 15.9. The number of amides is 1. The van der Waals surface area contributed by atoms with E-state index in [1.54, 1.807) is 4.68 Å². The Balaban J connectivity index is 1.43. The molecule has 0 radical (unpaired) electrons. The lowest BCUT2D eigenvalue weighted by atomic mass is 9.91. The fourth-order valence-electron chi connectivity index (χ4n) is 4.38. The number of nitrogens with zero attached hydrogens (tertiary/aromatic N) is 6. The molecule has 10 nitrogen and oxygen atoms in total. The number of aliphatic carboxylic acids is 1. The number of carbonyl (C=O) groups is 2. The standard InChI is InChI=1S/C26H25N7O3S/c1-2-22-30-33(26(37-22)27-24(34)20-9-5-6-10-21(20)25(35)36)15-16-11-13-17(14-12-16)18-7-3-4-8-19(18)23-28-31-32-29-23/h3-4,7-8,11-14H,2,5-6,9-10,15H2,1H3,(H,35,36)(H,28,29,31,32). The van der Waals surface area contributed by atoms with Crippen molar-refractivity contribution >= 4 is 23.2 Å². The number of benzene rings is 2. The van der Waals surface area contributed by atoms with Gasteiger partial charge in [0.05, 0.1) is 6.54 Å². The fourth-order valence-corrected chi connectivity index (χ4v) is 5.22. The molecule has 0 spiro atoms. The molecule has 0 unspecified atom stereocenters. The smallest absolute Gasteiger partial charge is 0.332 e. The van der Waals surface area contributed by atoms with Gasteiger partial charge in [-0.25, -0.2) is 9.48 Å². The molecule has 2 heterocycles. The third-order valence-electron chi connectivity index (χ3n) is 6.26. The van der Waals surface area contributed by atoms with Crippen LogP contribution in [0.1, 0.15) is 43.2 Å². The van der Waals surface area contributed by atoms with Crippen LogP contribution in [0, 0.1) is 0 Å². The molecule has 0 saturated carbocycles. The number of rotatable bonds is 7. The van der Waals surface area contributed by atoms with E-state index < -0.39 is 11.9 Å². The van der Waals surface area contributed by atoms with E-state index in [-0.39, 0.29) is 5.57 Å². The summed E-state index contributed by atoms with van der Waals surface area (Å²) in [6.07, 6.45) is 3.11. The number of carbonyl (C=O) groups excluding carboxylic acids is 1. The summed E-state index contributed by atoms with van der Waals surface area (Å²) in [5, 5.41) is 29.4. The molecule has 1 aliphatic rings. The highest BCUT2D eigenvalue weighted by atomic mass is 32.1. The van der Waals surface area contributed by atoms with Crippen LogP contribution >= 0.6 is 11.3 Å². The van der Waals surface area contributed by atoms with Crippen LogP contribution in [0.2, 0.25) is 0 Å². The second-order valence-electron chi connectivity index (χ2n) is 8.65. The van der Waals surface area contributed by atoms with Gasteiger partial charge < -0.3 is 5.11 Å². The average Bonchev–Trinajstić information content (AvgIpc) is 3.60. The number of carboxylic acid groups (broad SMARTS) is 1. The molecule has 5 rings (SSSR count). The van der Waals surface area contributed by atoms with Gasteiger partial charge in [0.15, 0.2) is 0 Å². The highest BCUT2D eigenvalue weighted by Gasteiger charge is 2.23. The van der Waals surface area contributed by atoms with Crippen LogP contribution < -0.4 is 4.80 Å². The summed E-state index contributed by atoms with van der Waals surface area (Å²) in [5.41, 5.74) is 4.35. The van der Waals surface area contributed by atoms with Crippen LogP contribution in [0.4, 0.5) is 0 Å². The van der Waals surface area contributed by atoms with E-state index in [0.717, 1.165) is 40.1 Å². The van der Waals surface area contributed by atoms with E-state index in [2.05, 4.69) is 30.7 Å². The maximum Gasteiger partial charge on any atom is 0.332 e. The largest absolute Gasteiger partial charge is 0.478 e. The number of tetrazole rings is 1. The van der Waals surface area contributed by atoms with Crippen LogP contribution in [0.15, 0.2) is 64.7 Å². The van der Waals surface area contributed by atoms with Crippen LogP contribution in [0.3, 0.4) is 0 Å². The molecule has 0 atom stereocenters. The minimum atomic E-state index is -1.04. The third kappa shape index (κ3) is 5.31. The summed E-state index contributed by atoms with van der Waals surface area (Å²) in [4.78, 5) is 29.4. The van der Waals surface area contributed by atoms with Gasteiger partial charge in [-0.3, -0.25) is 4.79 Å². The zero-order valence-electron chi connectivity index (χ0n) is 20.2. The first-order chi connectivity index (χ1) is 18.0. The molecular formula is C26H25N7O3S. The topological polar surface area (TPSA) is 139 Å². The highest BCUT2D eigenvalue weighted by molar-refractivity contribution is 7.08. The van der Waals surface area contributed by atoms with Crippen molar-refractivity contribution in [2.24, 2.45) is 4.99 Å². The van der Waals surface area contributed by atoms with Gasteiger partial charge in [0.2, 0.25) is 10.6 Å². The molecule has 1 amide bonds. The van der Waals surface area contributed by atoms with E-state index in [1.807, 2.05) is 55.5 Å². The number of aryl methyl sites for hydroxylation is 1. The second-order valence-corrected chi connectivity index (χ2v) is 9.69. The Bertz CT molecular complexity index is 1530. The van der Waals surface area contributed by atoms with Crippen molar-refractivity contribution in [3.8, 4) is 22.5 Å². The molecule has 37 heavy (non-hydrogen) atoms. The fraction of sp³-hybridized carbons (Fsp3) is 0.269. The van der Waals surface area contributed by atoms with Crippen LogP contribution in [0.25, 0.3) is 22.5 Å². The SMILES string of the molecule is CCc1nn(Cc2ccc(-c3ccccc3-c3nn[nH]n3)cc2)c(=NC(=O)C2=C(C(=O)O)CCCC2)s1. The third-order valence-corrected chi connectivity index (χ3v) is 7.35. The molecule has 4 aromatic rings. The van der Waals surface area contributed by atoms with Gasteiger partial charge in [-0.1, -0.05) is 66.8 Å². The zero-order chi connectivity index (χ0) is 25.8. The van der Waals surface area contributed by atoms with E-state index >= 15 is 0 Å². The Kier molecular flexibility index (Phi) is 7.13. The first kappa shape index (κ1) is 24.4. The van der Waals surface area contributed by atoms with Crippen molar-refractivity contribution in [2.75, 3.05) is 0 Å². The molecule has 1 aliphatic carbocycles. The molecule has 11 heteroatoms. The Morgan fingerprint density at radius 3 is 2.46 bits per heavy atom. The molecule has 0 saturated heterocycles. The Hall–Kier alpha value is -4.25. The van der Waals surface area contributed by atoms with Gasteiger partial charge in [-0.15, -0.1) is 10.2 Å². The first-order valence-electron chi connectivity index (χ1n) is 12.1. The zero-order valence-corrected chi connectivity index (χ0v) is 21.0. The Morgan fingerprint density at radius 1 is 1.05 bits per heavy atom. The number of aromatic nitrogens is 6. The number of carboxylic acids is 1. The van der Waals surface area contributed by atoms with Gasteiger partial charge in [-0.2, -0.15) is 15.3 Å². The van der Waals surface area contributed by atoms with Gasteiger partial charge in [-0.05, 0) is 54.0 Å². The van der Waals surface area contributed by atoms with Crippen molar-refractivity contribution in [1.29, 1.82) is 0 Å². The molecule has 0 bridgehead atoms. The highest BCUT2D eigenvalue weighted by Crippen LogP contribution is 2.30. The van der Waals surface area contributed by atoms with Crippen molar-refractivity contribution in [3.63, 3.8) is 0 Å². The summed E-state index contributed by atoms with van der Waals surface area (Å²) in [6.45, 7) is 2.43. The van der Waals surface area contributed by atoms with Crippen LogP contribution in [0.5, 0.6) is 0 Å². The van der Waals surface area contributed by atoms with E-state index in [0.29, 0.717) is 42.0 Å². The Labute approximate surface area is 216 Å². The van der Waals surface area contributed by atoms with Crippen LogP contribution in [-0.2, 0) is 22.6 Å². The lowest BCUT2D eigenvalue weighted by Gasteiger charge is -2.14. The second kappa shape index (κ2) is 10.8. The van der Waals surface area contributed by atoms with Crippen molar-refractivity contribution in [3.05, 3.63) is 75.0 Å². The molecule has 0 aliphatic heterocycles. The monoisotopic (exact) mass is 515 g/mol. The number of hydrogen-bond donors (Lipinski definition) is 2. The predicted molar refractivity (Wildman–Crippen MR) is 137 cm³/mol. The lowest BCUT2D eigenvalue weighted by Crippen LogP contribution is -2.21. The number of H-pyrrole nitrogens is 1. The molecule has 2 aromatic carbocycles. The van der Waals surface area contributed by atoms with Gasteiger partial charge in [0.25, 0.3) is 5.91 Å². The van der Waals surface area contributed by atoms with E-state index in [4.69, 9.17) is 0 Å². The van der Waals surface area contributed by atoms with Crippen molar-refractivity contribution in [1.82, 2.24) is 30.4 Å². The molecular weight excluding hydrogens is 490 g/mol. The van der Waals surface area contributed by atoms with Crippen LogP contribution in [-0.4, -0.2) is 47.4 Å². The normalized spacial score (nSPS) is 14.2. The number of nitrogens with one attached hydrogen (secondary N) is 1. The minimum Gasteiger partial charge on any atom is -0.478 e. The average molecular weight is 516 g/mol. The molecule has 2 N–H and O–H groups in total. The number of hydrogen-bond acceptors (Lipinski definition) is 7. The quantitative estimate of drug-likeness (QED) is 0.382. The minimum absolute atomic E-state index is 0.184. The summed E-state index contributed by atoms with van der Waals surface area (Å²) >= 11 is 1.35.